The molecule has 0 unspecified atom stereocenters. The summed E-state index contributed by atoms with van der Waals surface area (Å²) in [5, 5.41) is 8.41. The fraction of sp³-hybridized carbons (Fsp3) is 0.692. The van der Waals surface area contributed by atoms with Gasteiger partial charge in [0.1, 0.15) is 36.4 Å². The Bertz CT molecular complexity index is 2500. The van der Waals surface area contributed by atoms with Gasteiger partial charge in [-0.1, -0.05) is 163 Å². The van der Waals surface area contributed by atoms with E-state index in [1.165, 1.54) is 23.8 Å². The Morgan fingerprint density at radius 3 is 1.79 bits per heavy atom. The predicted octanol–water partition coefficient (Wildman–Crippen LogP) is 10.7. The quantitative estimate of drug-likeness (QED) is 0.0198. The van der Waals surface area contributed by atoms with Gasteiger partial charge in [0.05, 0.1) is 18.6 Å². The van der Waals surface area contributed by atoms with Crippen LogP contribution in [-0.4, -0.2) is 155 Å². The molecule has 490 valence electrons. The number of nitrogens with one attached hydrogen (secondary N) is 3. The predicted molar refractivity (Wildman–Crippen MR) is 340 cm³/mol. The van der Waals surface area contributed by atoms with Gasteiger partial charge in [0, 0.05) is 34.7 Å². The molecule has 8 atom stereocenters. The lowest BCUT2D eigenvalue weighted by atomic mass is 9.96. The lowest BCUT2D eigenvalue weighted by molar-refractivity contribution is -0.169. The van der Waals surface area contributed by atoms with Crippen LogP contribution in [0.5, 0.6) is 0 Å². The Balaban J connectivity index is 1.94. The summed E-state index contributed by atoms with van der Waals surface area (Å²) >= 11 is 0. The van der Waals surface area contributed by atoms with E-state index < -0.39 is 131 Å². The highest BCUT2D eigenvalue weighted by molar-refractivity contribution is 6.77. The minimum absolute atomic E-state index is 0.0189. The van der Waals surface area contributed by atoms with Crippen LogP contribution < -0.4 is 16.0 Å². The Kier molecular flexibility index (Phi) is 30.1. The summed E-state index contributed by atoms with van der Waals surface area (Å²) < 4.78 is 41.5. The molecule has 87 heavy (non-hydrogen) atoms. The molecule has 0 bridgehead atoms. The third-order valence-electron chi connectivity index (χ3n) is 15.6. The van der Waals surface area contributed by atoms with Gasteiger partial charge in [-0.3, -0.25) is 19.2 Å². The van der Waals surface area contributed by atoms with Crippen molar-refractivity contribution in [2.75, 3.05) is 27.0 Å². The topological polar surface area (TPSA) is 244 Å². The largest absolute Gasteiger partial charge is 0.458 e. The molecule has 1 aliphatic heterocycles. The van der Waals surface area contributed by atoms with E-state index in [2.05, 4.69) is 77.1 Å². The van der Waals surface area contributed by atoms with Crippen LogP contribution in [0.4, 0.5) is 9.59 Å². The van der Waals surface area contributed by atoms with Crippen LogP contribution in [0, 0.1) is 17.8 Å². The van der Waals surface area contributed by atoms with Crippen molar-refractivity contribution in [1.29, 1.82) is 0 Å². The Morgan fingerprint density at radius 2 is 1.28 bits per heavy atom. The van der Waals surface area contributed by atoms with Crippen LogP contribution in [0.25, 0.3) is 0 Å². The molecule has 1 fully saturated rings. The van der Waals surface area contributed by atoms with Crippen molar-refractivity contribution in [2.45, 2.75) is 246 Å². The maximum atomic E-state index is 15.0. The molecule has 3 rings (SSSR count). The lowest BCUT2D eigenvalue weighted by Gasteiger charge is -2.46. The zero-order chi connectivity index (χ0) is 65.7. The molecule has 1 aliphatic rings. The first-order valence-corrected chi connectivity index (χ1v) is 37.0. The number of benzene rings is 2. The van der Waals surface area contributed by atoms with Crippen LogP contribution in [0.1, 0.15) is 148 Å². The van der Waals surface area contributed by atoms with E-state index in [0.717, 1.165) is 11.6 Å². The molecule has 1 heterocycles. The lowest BCUT2D eigenvalue weighted by Crippen LogP contribution is -2.58. The molecule has 20 nitrogen and oxygen atoms in total. The number of likely N-dealkylation sites (tertiary alicyclic amines) is 1. The Morgan fingerprint density at radius 1 is 0.701 bits per heavy atom. The highest BCUT2D eigenvalue weighted by atomic mass is 28.4. The SMILES string of the molecule is CC(C)C[C@H](NC(=O)[C@@H](OC(=O)C[C@@H](O[Si](C(C)C)(C(C)C)C(C)C)[C@H](NC(=O)OCc1ccccc1)C(C)C)C(C)C)C(=O)N1CCC[C@H]1C(=O)N(C)[C@@H](Cc1ccccc1)C(=O)O[C@H](C)[C@H](NC(=O)OC(C)(C)C)C(=O)OCOCC[Si](C)(C)C. The van der Waals surface area contributed by atoms with Gasteiger partial charge in [0.15, 0.2) is 18.9 Å². The third kappa shape index (κ3) is 24.2. The molecule has 2 aromatic rings. The number of likely N-dealkylation sites (N-methyl/N-ethyl adjacent to an activating group) is 1. The molecule has 1 saturated heterocycles. The summed E-state index contributed by atoms with van der Waals surface area (Å²) in [4.78, 5) is 117. The smallest absolute Gasteiger partial charge is 0.408 e. The first-order chi connectivity index (χ1) is 40.5. The zero-order valence-electron chi connectivity index (χ0n) is 55.9. The number of ether oxygens (including phenoxy) is 6. The van der Waals surface area contributed by atoms with Crippen molar-refractivity contribution in [3.05, 3.63) is 71.8 Å². The molecule has 0 aliphatic carbocycles. The van der Waals surface area contributed by atoms with Crippen LogP contribution in [0.3, 0.4) is 0 Å². The van der Waals surface area contributed by atoms with Crippen LogP contribution in [-0.2, 0) is 74.6 Å². The second-order valence-corrected chi connectivity index (χ2v) is 38.4. The van der Waals surface area contributed by atoms with Gasteiger partial charge in [-0.25, -0.2) is 19.2 Å². The number of carbonyl (C=O) groups is 8. The van der Waals surface area contributed by atoms with Crippen LogP contribution in [0.2, 0.25) is 42.3 Å². The highest BCUT2D eigenvalue weighted by Gasteiger charge is 2.49. The molecule has 3 N–H and O–H groups in total. The molecule has 0 saturated carbocycles. The number of hydrogen-bond donors (Lipinski definition) is 3. The molecule has 22 heteroatoms. The van der Waals surface area contributed by atoms with Crippen LogP contribution >= 0.6 is 0 Å². The van der Waals surface area contributed by atoms with E-state index in [0.29, 0.717) is 18.6 Å². The average molecular weight is 1250 g/mol. The van der Waals surface area contributed by atoms with Gasteiger partial charge in [0.2, 0.25) is 20.1 Å². The number of esters is 3. The van der Waals surface area contributed by atoms with E-state index in [1.807, 2.05) is 64.1 Å². The highest BCUT2D eigenvalue weighted by Crippen LogP contribution is 2.44. The summed E-state index contributed by atoms with van der Waals surface area (Å²) in [6, 6.07) is 13.3. The van der Waals surface area contributed by atoms with Gasteiger partial charge in [-0.05, 0) is 98.5 Å². The summed E-state index contributed by atoms with van der Waals surface area (Å²) in [5.41, 5.74) is 0.910. The average Bonchev–Trinajstić information content (AvgIpc) is 2.19. The summed E-state index contributed by atoms with van der Waals surface area (Å²) in [5.74, 6) is -5.28. The molecular formula is C65H107N5O15Si2. The molecule has 2 aromatic carbocycles. The van der Waals surface area contributed by atoms with Gasteiger partial charge < -0.3 is 58.6 Å². The molecule has 0 spiro atoms. The number of carbonyl (C=O) groups excluding carboxylic acids is 8. The van der Waals surface area contributed by atoms with Gasteiger partial charge >= 0.3 is 30.1 Å². The van der Waals surface area contributed by atoms with E-state index in [1.54, 1.807) is 58.9 Å². The van der Waals surface area contributed by atoms with E-state index in [4.69, 9.17) is 32.8 Å². The fourth-order valence-corrected chi connectivity index (χ4v) is 17.5. The number of amides is 5. The van der Waals surface area contributed by atoms with Crippen molar-refractivity contribution in [3.63, 3.8) is 0 Å². The minimum atomic E-state index is -2.73. The molecule has 5 amide bonds. The van der Waals surface area contributed by atoms with E-state index >= 15 is 0 Å². The van der Waals surface area contributed by atoms with Gasteiger partial charge in [-0.15, -0.1) is 0 Å². The number of alkyl carbamates (subject to hydrolysis) is 2. The number of nitrogens with zero attached hydrogens (tertiary/aromatic N) is 2. The van der Waals surface area contributed by atoms with E-state index in [-0.39, 0.29) is 67.3 Å². The van der Waals surface area contributed by atoms with Crippen molar-refractivity contribution < 1.29 is 71.2 Å². The third-order valence-corrected chi connectivity index (χ3v) is 23.5. The van der Waals surface area contributed by atoms with Crippen LogP contribution in [0.15, 0.2) is 60.7 Å². The second kappa shape index (κ2) is 34.8. The standard InChI is InChI=1S/C65H107N5O15Si2/c1-41(2)36-50(66-58(72)57(43(5)6)83-54(71)38-53(85-87(44(7)8,45(9)10)46(11)12)55(42(3)4)67-63(77)80-39-49-30-25-22-26-31-49)59(73)70-33-27-32-51(70)60(74)69(17)52(37-48-28-23-21-24-29-48)61(75)82-47(13)56(68-64(78)84-65(14,15)16)62(76)81-40-79-34-35-86(18,19)20/h21-26,28-31,41-47,50-53,55-57H,27,32-40H2,1-20H3,(H,66,72)(H,67,77)(H,68,78)/t47-,50+,51+,52+,53-,55-,56+,57+/m1/s1. The fourth-order valence-electron chi connectivity index (χ4n) is 11.1. The number of rotatable bonds is 33. The second-order valence-electron chi connectivity index (χ2n) is 27.4. The maximum absolute atomic E-state index is 15.0. The van der Waals surface area contributed by atoms with Crippen molar-refractivity contribution in [3.8, 4) is 0 Å². The monoisotopic (exact) mass is 1250 g/mol. The summed E-state index contributed by atoms with van der Waals surface area (Å²) in [7, 11) is -2.74. The first kappa shape index (κ1) is 75.4. The van der Waals surface area contributed by atoms with Crippen molar-refractivity contribution >= 4 is 64.2 Å². The number of hydrogen-bond acceptors (Lipinski definition) is 15. The maximum Gasteiger partial charge on any atom is 0.408 e. The zero-order valence-corrected chi connectivity index (χ0v) is 57.9. The van der Waals surface area contributed by atoms with Gasteiger partial charge in [-0.2, -0.15) is 0 Å². The van der Waals surface area contributed by atoms with Crippen molar-refractivity contribution in [1.82, 2.24) is 25.8 Å². The van der Waals surface area contributed by atoms with Crippen molar-refractivity contribution in [2.24, 2.45) is 17.8 Å². The molecular weight excluding hydrogens is 1150 g/mol. The Hall–Kier alpha value is -5.85. The molecule has 0 aromatic heterocycles. The summed E-state index contributed by atoms with van der Waals surface area (Å²) in [6.07, 6.45) is -4.67. The first-order valence-electron chi connectivity index (χ1n) is 31.2. The van der Waals surface area contributed by atoms with E-state index in [9.17, 15) is 38.4 Å². The minimum Gasteiger partial charge on any atom is -0.458 e. The molecule has 0 radical (unpaired) electrons. The summed E-state index contributed by atoms with van der Waals surface area (Å²) in [6.45, 7) is 37.0. The Labute approximate surface area is 521 Å². The normalized spacial score (nSPS) is 16.4. The van der Waals surface area contributed by atoms with Gasteiger partial charge in [0.25, 0.3) is 5.91 Å².